The van der Waals surface area contributed by atoms with Gasteiger partial charge >= 0.3 is 0 Å². The number of hydrogen-bond donors (Lipinski definition) is 1. The first kappa shape index (κ1) is 9.21. The molecule has 74 valence electrons. The van der Waals surface area contributed by atoms with Gasteiger partial charge in [0.05, 0.1) is 6.61 Å². The second-order valence-corrected chi connectivity index (χ2v) is 3.36. The topological polar surface area (TPSA) is 38.3 Å². The number of amides is 1. The third-order valence-corrected chi connectivity index (χ3v) is 2.29. The largest absolute Gasteiger partial charge is 0.364 e. The van der Waals surface area contributed by atoms with Gasteiger partial charge in [-0.3, -0.25) is 4.79 Å². The van der Waals surface area contributed by atoms with Gasteiger partial charge in [0.15, 0.2) is 0 Å². The Balaban J connectivity index is 1.85. The molecule has 0 saturated carbocycles. The van der Waals surface area contributed by atoms with Gasteiger partial charge in [-0.05, 0) is 12.0 Å². The highest BCUT2D eigenvalue weighted by molar-refractivity contribution is 5.82. The third-order valence-electron chi connectivity index (χ3n) is 2.29. The zero-order valence-corrected chi connectivity index (χ0v) is 7.90. The summed E-state index contributed by atoms with van der Waals surface area (Å²) in [5.74, 6) is 0.0148. The molecule has 0 unspecified atom stereocenters. The predicted octanol–water partition coefficient (Wildman–Crippen LogP) is 1.09. The van der Waals surface area contributed by atoms with Gasteiger partial charge in [0, 0.05) is 6.54 Å². The van der Waals surface area contributed by atoms with Crippen molar-refractivity contribution >= 4 is 5.91 Å². The maximum absolute atomic E-state index is 11.2. The Morgan fingerprint density at radius 1 is 1.36 bits per heavy atom. The highest BCUT2D eigenvalue weighted by Crippen LogP contribution is 2.09. The van der Waals surface area contributed by atoms with Crippen molar-refractivity contribution in [2.24, 2.45) is 0 Å². The van der Waals surface area contributed by atoms with E-state index in [1.807, 2.05) is 30.3 Å². The molecule has 1 aromatic carbocycles. The lowest BCUT2D eigenvalue weighted by atomic mass is 10.2. The third kappa shape index (κ3) is 2.12. The van der Waals surface area contributed by atoms with Crippen molar-refractivity contribution in [3.05, 3.63) is 35.9 Å². The Labute approximate surface area is 83.1 Å². The summed E-state index contributed by atoms with van der Waals surface area (Å²) < 4.78 is 5.49. The second-order valence-electron chi connectivity index (χ2n) is 3.36. The minimum absolute atomic E-state index is 0.0148. The van der Waals surface area contributed by atoms with Crippen LogP contribution >= 0.6 is 0 Å². The van der Waals surface area contributed by atoms with E-state index in [0.29, 0.717) is 6.61 Å². The Morgan fingerprint density at radius 3 is 2.79 bits per heavy atom. The molecular formula is C11H13NO2. The van der Waals surface area contributed by atoms with E-state index in [1.54, 1.807) is 0 Å². The van der Waals surface area contributed by atoms with Gasteiger partial charge in [0.2, 0.25) is 5.91 Å². The van der Waals surface area contributed by atoms with Crippen molar-refractivity contribution in [2.75, 3.05) is 6.54 Å². The molecule has 1 heterocycles. The van der Waals surface area contributed by atoms with E-state index in [-0.39, 0.29) is 12.0 Å². The van der Waals surface area contributed by atoms with Crippen molar-refractivity contribution in [2.45, 2.75) is 19.1 Å². The number of carbonyl (C=O) groups excluding carboxylic acids is 1. The molecule has 0 aromatic heterocycles. The number of benzene rings is 1. The number of carbonyl (C=O) groups is 1. The Bertz CT molecular complexity index is 310. The standard InChI is InChI=1S/C11H13NO2/c13-11-10(6-7-12-11)14-8-9-4-2-1-3-5-9/h1-5,10H,6-8H2,(H,12,13)/t10-/m0/s1. The van der Waals surface area contributed by atoms with E-state index in [9.17, 15) is 4.79 Å². The fourth-order valence-electron chi connectivity index (χ4n) is 1.50. The number of hydrogen-bond acceptors (Lipinski definition) is 2. The van der Waals surface area contributed by atoms with Crippen molar-refractivity contribution in [1.29, 1.82) is 0 Å². The van der Waals surface area contributed by atoms with Crippen LogP contribution in [0, 0.1) is 0 Å². The predicted molar refractivity (Wildman–Crippen MR) is 52.6 cm³/mol. The van der Waals surface area contributed by atoms with Crippen LogP contribution in [0.1, 0.15) is 12.0 Å². The lowest BCUT2D eigenvalue weighted by molar-refractivity contribution is -0.129. The van der Waals surface area contributed by atoms with E-state index in [2.05, 4.69) is 5.32 Å². The molecule has 0 aliphatic carbocycles. The summed E-state index contributed by atoms with van der Waals surface area (Å²) in [6.45, 7) is 1.25. The smallest absolute Gasteiger partial charge is 0.249 e. The highest BCUT2D eigenvalue weighted by Gasteiger charge is 2.24. The molecule has 0 spiro atoms. The maximum Gasteiger partial charge on any atom is 0.249 e. The van der Waals surface area contributed by atoms with Crippen LogP contribution in [-0.2, 0) is 16.1 Å². The summed E-state index contributed by atoms with van der Waals surface area (Å²) in [5, 5.41) is 2.74. The monoisotopic (exact) mass is 191 g/mol. The molecule has 1 atom stereocenters. The zero-order valence-electron chi connectivity index (χ0n) is 7.90. The van der Waals surface area contributed by atoms with Crippen LogP contribution in [0.4, 0.5) is 0 Å². The van der Waals surface area contributed by atoms with Gasteiger partial charge in [0.1, 0.15) is 6.10 Å². The first-order valence-electron chi connectivity index (χ1n) is 4.79. The molecule has 1 fully saturated rings. The minimum Gasteiger partial charge on any atom is -0.364 e. The van der Waals surface area contributed by atoms with E-state index in [4.69, 9.17) is 4.74 Å². The summed E-state index contributed by atoms with van der Waals surface area (Å²) >= 11 is 0. The average molecular weight is 191 g/mol. The fourth-order valence-corrected chi connectivity index (χ4v) is 1.50. The van der Waals surface area contributed by atoms with Crippen molar-refractivity contribution in [3.8, 4) is 0 Å². The quantitative estimate of drug-likeness (QED) is 0.776. The van der Waals surface area contributed by atoms with Gasteiger partial charge in [0.25, 0.3) is 0 Å². The summed E-state index contributed by atoms with van der Waals surface area (Å²) in [6, 6.07) is 9.88. The molecule has 14 heavy (non-hydrogen) atoms. The van der Waals surface area contributed by atoms with Crippen LogP contribution in [-0.4, -0.2) is 18.6 Å². The van der Waals surface area contributed by atoms with E-state index >= 15 is 0 Å². The molecule has 3 heteroatoms. The van der Waals surface area contributed by atoms with Gasteiger partial charge in [-0.15, -0.1) is 0 Å². The Morgan fingerprint density at radius 2 is 2.14 bits per heavy atom. The first-order chi connectivity index (χ1) is 6.86. The van der Waals surface area contributed by atoms with Gasteiger partial charge < -0.3 is 10.1 Å². The van der Waals surface area contributed by atoms with Crippen molar-refractivity contribution in [3.63, 3.8) is 0 Å². The van der Waals surface area contributed by atoms with Crippen molar-refractivity contribution in [1.82, 2.24) is 5.32 Å². The molecule has 0 bridgehead atoms. The van der Waals surface area contributed by atoms with Crippen molar-refractivity contribution < 1.29 is 9.53 Å². The average Bonchev–Trinajstić information content (AvgIpc) is 2.63. The maximum atomic E-state index is 11.2. The number of rotatable bonds is 3. The molecule has 1 saturated heterocycles. The van der Waals surface area contributed by atoms with Crippen LogP contribution in [0.15, 0.2) is 30.3 Å². The van der Waals surface area contributed by atoms with E-state index in [0.717, 1.165) is 18.5 Å². The number of ether oxygens (including phenoxy) is 1. The van der Waals surface area contributed by atoms with Gasteiger partial charge in [-0.1, -0.05) is 30.3 Å². The molecule has 0 radical (unpaired) electrons. The summed E-state index contributed by atoms with van der Waals surface area (Å²) in [4.78, 5) is 11.2. The summed E-state index contributed by atoms with van der Waals surface area (Å²) in [6.07, 6.45) is 0.529. The van der Waals surface area contributed by atoms with Crippen LogP contribution in [0.3, 0.4) is 0 Å². The summed E-state index contributed by atoms with van der Waals surface area (Å²) in [5.41, 5.74) is 1.10. The first-order valence-corrected chi connectivity index (χ1v) is 4.79. The normalized spacial score (nSPS) is 20.9. The lowest BCUT2D eigenvalue weighted by Crippen LogP contribution is -2.25. The highest BCUT2D eigenvalue weighted by atomic mass is 16.5. The second kappa shape index (κ2) is 4.24. The van der Waals surface area contributed by atoms with E-state index in [1.165, 1.54) is 0 Å². The molecule has 1 N–H and O–H groups in total. The van der Waals surface area contributed by atoms with Gasteiger partial charge in [-0.25, -0.2) is 0 Å². The summed E-state index contributed by atoms with van der Waals surface area (Å²) in [7, 11) is 0. The molecule has 1 aliphatic heterocycles. The molecular weight excluding hydrogens is 178 g/mol. The minimum atomic E-state index is -0.254. The fraction of sp³-hybridized carbons (Fsp3) is 0.364. The molecule has 2 rings (SSSR count). The van der Waals surface area contributed by atoms with Crippen LogP contribution in [0.25, 0.3) is 0 Å². The van der Waals surface area contributed by atoms with Crippen LogP contribution in [0.5, 0.6) is 0 Å². The Kier molecular flexibility index (Phi) is 2.79. The van der Waals surface area contributed by atoms with Crippen LogP contribution < -0.4 is 5.32 Å². The van der Waals surface area contributed by atoms with Gasteiger partial charge in [-0.2, -0.15) is 0 Å². The molecule has 1 amide bonds. The molecule has 1 aromatic rings. The Hall–Kier alpha value is -1.35. The van der Waals surface area contributed by atoms with E-state index < -0.39 is 0 Å². The number of nitrogens with one attached hydrogen (secondary N) is 1. The SMILES string of the molecule is O=C1NCC[C@@H]1OCc1ccccc1. The molecule has 3 nitrogen and oxygen atoms in total. The lowest BCUT2D eigenvalue weighted by Gasteiger charge is -2.08. The molecule has 1 aliphatic rings. The zero-order chi connectivity index (χ0) is 9.80. The van der Waals surface area contributed by atoms with Crippen LogP contribution in [0.2, 0.25) is 0 Å².